The Morgan fingerprint density at radius 1 is 1.04 bits per heavy atom. The van der Waals surface area contributed by atoms with Gasteiger partial charge in [-0.1, -0.05) is 12.1 Å². The molecule has 0 unspecified atom stereocenters. The van der Waals surface area contributed by atoms with Gasteiger partial charge in [0.25, 0.3) is 5.91 Å². The summed E-state index contributed by atoms with van der Waals surface area (Å²) in [6.07, 6.45) is 4.63. The molecule has 0 saturated heterocycles. The molecule has 1 aromatic heterocycles. The SMILES string of the molecule is COc1ccc(C=CC(=O)Nc2ccc(NC(=O)c3ccco3)c(C)c2)cc1. The summed E-state index contributed by atoms with van der Waals surface area (Å²) in [7, 11) is 1.61. The molecule has 6 heteroatoms. The van der Waals surface area contributed by atoms with Gasteiger partial charge in [0.15, 0.2) is 5.76 Å². The number of hydrogen-bond acceptors (Lipinski definition) is 4. The topological polar surface area (TPSA) is 80.6 Å². The molecule has 0 aliphatic carbocycles. The average Bonchev–Trinajstić information content (AvgIpc) is 3.24. The normalized spacial score (nSPS) is 10.6. The predicted molar refractivity (Wildman–Crippen MR) is 108 cm³/mol. The minimum absolute atomic E-state index is 0.237. The number of amides is 2. The zero-order chi connectivity index (χ0) is 19.9. The third kappa shape index (κ3) is 4.88. The molecule has 2 amide bonds. The summed E-state index contributed by atoms with van der Waals surface area (Å²) in [5.41, 5.74) is 2.99. The number of hydrogen-bond donors (Lipinski definition) is 2. The molecule has 0 atom stereocenters. The minimum atomic E-state index is -0.327. The zero-order valence-electron chi connectivity index (χ0n) is 15.6. The summed E-state index contributed by atoms with van der Waals surface area (Å²) in [5, 5.41) is 5.58. The fourth-order valence-electron chi connectivity index (χ4n) is 2.54. The van der Waals surface area contributed by atoms with Crippen molar-refractivity contribution in [2.45, 2.75) is 6.92 Å². The van der Waals surface area contributed by atoms with Crippen molar-refractivity contribution in [3.63, 3.8) is 0 Å². The Hall–Kier alpha value is -3.80. The van der Waals surface area contributed by atoms with Crippen LogP contribution in [0.4, 0.5) is 11.4 Å². The van der Waals surface area contributed by atoms with Crippen LogP contribution in [0, 0.1) is 6.92 Å². The van der Waals surface area contributed by atoms with Crippen LogP contribution in [0.15, 0.2) is 71.4 Å². The van der Waals surface area contributed by atoms with Crippen LogP contribution in [-0.2, 0) is 4.79 Å². The smallest absolute Gasteiger partial charge is 0.291 e. The Labute approximate surface area is 162 Å². The van der Waals surface area contributed by atoms with Gasteiger partial charge in [0.05, 0.1) is 13.4 Å². The number of benzene rings is 2. The van der Waals surface area contributed by atoms with Gasteiger partial charge in [0, 0.05) is 17.5 Å². The lowest BCUT2D eigenvalue weighted by atomic mass is 10.1. The standard InChI is InChI=1S/C22H20N2O4/c1-15-14-17(8-11-19(15)24-22(26)20-4-3-13-28-20)23-21(25)12-7-16-5-9-18(27-2)10-6-16/h3-14H,1-2H3,(H,23,25)(H,24,26). The zero-order valence-corrected chi connectivity index (χ0v) is 15.6. The van der Waals surface area contributed by atoms with E-state index in [9.17, 15) is 9.59 Å². The van der Waals surface area contributed by atoms with E-state index in [1.165, 1.54) is 12.3 Å². The first kappa shape index (κ1) is 19.0. The molecule has 0 fully saturated rings. The van der Waals surface area contributed by atoms with E-state index in [4.69, 9.17) is 9.15 Å². The number of ether oxygens (including phenoxy) is 1. The summed E-state index contributed by atoms with van der Waals surface area (Å²) in [6, 6.07) is 15.9. The third-order valence-electron chi connectivity index (χ3n) is 4.03. The molecule has 0 spiro atoms. The van der Waals surface area contributed by atoms with E-state index in [2.05, 4.69) is 10.6 Å². The summed E-state index contributed by atoms with van der Waals surface area (Å²) in [4.78, 5) is 24.2. The number of methoxy groups -OCH3 is 1. The van der Waals surface area contributed by atoms with Crippen molar-refractivity contribution in [3.8, 4) is 5.75 Å². The Bertz CT molecular complexity index is 990. The fourth-order valence-corrected chi connectivity index (χ4v) is 2.54. The second kappa shape index (κ2) is 8.73. The first-order chi connectivity index (χ1) is 13.5. The highest BCUT2D eigenvalue weighted by Crippen LogP contribution is 2.21. The van der Waals surface area contributed by atoms with Gasteiger partial charge in [-0.05, 0) is 66.6 Å². The Balaban J connectivity index is 1.60. The molecular formula is C22H20N2O4. The molecule has 0 saturated carbocycles. The van der Waals surface area contributed by atoms with Crippen molar-refractivity contribution in [1.29, 1.82) is 0 Å². The van der Waals surface area contributed by atoms with Gasteiger partial charge in [0.1, 0.15) is 5.75 Å². The van der Waals surface area contributed by atoms with Crippen LogP contribution in [0.5, 0.6) is 5.75 Å². The molecule has 3 aromatic rings. The second-order valence-electron chi connectivity index (χ2n) is 6.06. The van der Waals surface area contributed by atoms with Crippen LogP contribution in [0.25, 0.3) is 6.08 Å². The number of carbonyl (C=O) groups is 2. The predicted octanol–water partition coefficient (Wildman–Crippen LogP) is 4.50. The maximum absolute atomic E-state index is 12.1. The van der Waals surface area contributed by atoms with Crippen LogP contribution in [-0.4, -0.2) is 18.9 Å². The number of nitrogens with one attached hydrogen (secondary N) is 2. The highest BCUT2D eigenvalue weighted by molar-refractivity contribution is 6.04. The first-order valence-electron chi connectivity index (χ1n) is 8.64. The van der Waals surface area contributed by atoms with Gasteiger partial charge in [-0.2, -0.15) is 0 Å². The lowest BCUT2D eigenvalue weighted by molar-refractivity contribution is -0.111. The molecule has 28 heavy (non-hydrogen) atoms. The van der Waals surface area contributed by atoms with Gasteiger partial charge in [-0.25, -0.2) is 0 Å². The van der Waals surface area contributed by atoms with E-state index in [1.807, 2.05) is 31.2 Å². The third-order valence-corrected chi connectivity index (χ3v) is 4.03. The summed E-state index contributed by atoms with van der Waals surface area (Å²) >= 11 is 0. The maximum atomic E-state index is 12.1. The molecular weight excluding hydrogens is 356 g/mol. The van der Waals surface area contributed by atoms with Gasteiger partial charge in [0.2, 0.25) is 5.91 Å². The molecule has 6 nitrogen and oxygen atoms in total. The Morgan fingerprint density at radius 3 is 2.46 bits per heavy atom. The average molecular weight is 376 g/mol. The van der Waals surface area contributed by atoms with Crippen LogP contribution in [0.2, 0.25) is 0 Å². The quantitative estimate of drug-likeness (QED) is 0.621. The van der Waals surface area contributed by atoms with Gasteiger partial charge < -0.3 is 19.8 Å². The Kier molecular flexibility index (Phi) is 5.91. The fraction of sp³-hybridized carbons (Fsp3) is 0.0909. The van der Waals surface area contributed by atoms with Crippen LogP contribution in [0.1, 0.15) is 21.7 Å². The van der Waals surface area contributed by atoms with Crippen molar-refractivity contribution in [2.24, 2.45) is 0 Å². The lowest BCUT2D eigenvalue weighted by Crippen LogP contribution is -2.12. The number of carbonyl (C=O) groups excluding carboxylic acids is 2. The molecule has 2 N–H and O–H groups in total. The molecule has 0 aliphatic heterocycles. The van der Waals surface area contributed by atoms with Gasteiger partial charge >= 0.3 is 0 Å². The molecule has 1 heterocycles. The number of aryl methyl sites for hydroxylation is 1. The van der Waals surface area contributed by atoms with Gasteiger partial charge in [-0.3, -0.25) is 9.59 Å². The van der Waals surface area contributed by atoms with Crippen molar-refractivity contribution in [1.82, 2.24) is 0 Å². The largest absolute Gasteiger partial charge is 0.497 e. The van der Waals surface area contributed by atoms with E-state index in [1.54, 1.807) is 43.5 Å². The molecule has 0 aliphatic rings. The molecule has 3 rings (SSSR count). The Morgan fingerprint density at radius 2 is 1.82 bits per heavy atom. The molecule has 142 valence electrons. The lowest BCUT2D eigenvalue weighted by Gasteiger charge is -2.10. The van der Waals surface area contributed by atoms with Crippen LogP contribution < -0.4 is 15.4 Å². The highest BCUT2D eigenvalue weighted by Gasteiger charge is 2.10. The summed E-state index contributed by atoms with van der Waals surface area (Å²) in [5.74, 6) is 0.423. The van der Waals surface area contributed by atoms with E-state index in [0.29, 0.717) is 11.4 Å². The number of furan rings is 1. The number of rotatable bonds is 6. The van der Waals surface area contributed by atoms with Crippen molar-refractivity contribution >= 4 is 29.3 Å². The first-order valence-corrected chi connectivity index (χ1v) is 8.64. The molecule has 2 aromatic carbocycles. The highest BCUT2D eigenvalue weighted by atomic mass is 16.5. The van der Waals surface area contributed by atoms with E-state index >= 15 is 0 Å². The van der Waals surface area contributed by atoms with E-state index in [-0.39, 0.29) is 17.6 Å². The van der Waals surface area contributed by atoms with Crippen molar-refractivity contribution < 1.29 is 18.7 Å². The van der Waals surface area contributed by atoms with Crippen molar-refractivity contribution in [2.75, 3.05) is 17.7 Å². The van der Waals surface area contributed by atoms with Gasteiger partial charge in [-0.15, -0.1) is 0 Å². The maximum Gasteiger partial charge on any atom is 0.291 e. The van der Waals surface area contributed by atoms with Crippen LogP contribution >= 0.6 is 0 Å². The monoisotopic (exact) mass is 376 g/mol. The van der Waals surface area contributed by atoms with Crippen molar-refractivity contribution in [3.05, 3.63) is 83.8 Å². The summed E-state index contributed by atoms with van der Waals surface area (Å²) < 4.78 is 10.2. The molecule has 0 bridgehead atoms. The van der Waals surface area contributed by atoms with Crippen LogP contribution in [0.3, 0.4) is 0 Å². The number of anilines is 2. The second-order valence-corrected chi connectivity index (χ2v) is 6.06. The summed E-state index contributed by atoms with van der Waals surface area (Å²) in [6.45, 7) is 1.85. The minimum Gasteiger partial charge on any atom is -0.497 e. The van der Waals surface area contributed by atoms with E-state index in [0.717, 1.165) is 16.9 Å². The molecule has 0 radical (unpaired) electrons. The van der Waals surface area contributed by atoms with E-state index < -0.39 is 0 Å².